The zero-order chi connectivity index (χ0) is 17.2. The summed E-state index contributed by atoms with van der Waals surface area (Å²) in [5.41, 5.74) is 2.68. The van der Waals surface area contributed by atoms with Crippen molar-refractivity contribution in [3.8, 4) is 0 Å². The lowest BCUT2D eigenvalue weighted by molar-refractivity contribution is 0.281. The third-order valence-corrected chi connectivity index (χ3v) is 4.37. The fraction of sp³-hybridized carbons (Fsp3) is 0.833. The van der Waals surface area contributed by atoms with Crippen molar-refractivity contribution in [2.45, 2.75) is 46.1 Å². The van der Waals surface area contributed by atoms with Gasteiger partial charge in [-0.2, -0.15) is 5.10 Å². The van der Waals surface area contributed by atoms with Crippen molar-refractivity contribution in [3.63, 3.8) is 0 Å². The van der Waals surface area contributed by atoms with Crippen molar-refractivity contribution < 1.29 is 0 Å². The molecule has 1 heterocycles. The van der Waals surface area contributed by atoms with Crippen LogP contribution in [0.2, 0.25) is 0 Å². The monoisotopic (exact) mass is 323 g/mol. The fourth-order valence-electron chi connectivity index (χ4n) is 3.12. The van der Waals surface area contributed by atoms with E-state index in [1.165, 1.54) is 24.2 Å². The normalized spacial score (nSPS) is 13.4. The highest BCUT2D eigenvalue weighted by atomic mass is 15.1. The second-order valence-electron chi connectivity index (χ2n) is 7.20. The Labute approximate surface area is 142 Å². The van der Waals surface area contributed by atoms with Gasteiger partial charge >= 0.3 is 0 Å². The molecular weight excluding hydrogens is 286 g/mol. The van der Waals surface area contributed by atoms with Crippen LogP contribution in [0.15, 0.2) is 6.20 Å². The average molecular weight is 324 g/mol. The van der Waals surface area contributed by atoms with Gasteiger partial charge in [-0.3, -0.25) is 5.10 Å². The Bertz CT molecular complexity index is 415. The van der Waals surface area contributed by atoms with Gasteiger partial charge in [0.05, 0.1) is 6.20 Å². The highest BCUT2D eigenvalue weighted by Crippen LogP contribution is 2.25. The Hall–Kier alpha value is -0.910. The molecule has 0 saturated carbocycles. The van der Waals surface area contributed by atoms with E-state index in [0.717, 1.165) is 38.5 Å². The standard InChI is InChI=1S/C18H37N5/c1-7-16(8-10-22(5)13-15(2)3)18-17(12-20-21-18)14-23(6)11-9-19-4/h12,15-16,19H,7-11,13-14H2,1-6H3,(H,20,21). The van der Waals surface area contributed by atoms with Gasteiger partial charge in [-0.1, -0.05) is 20.8 Å². The van der Waals surface area contributed by atoms with E-state index in [-0.39, 0.29) is 0 Å². The van der Waals surface area contributed by atoms with Gasteiger partial charge in [0, 0.05) is 43.4 Å². The first kappa shape index (κ1) is 20.1. The number of nitrogens with one attached hydrogen (secondary N) is 2. The predicted octanol–water partition coefficient (Wildman–Crippen LogP) is 2.53. The van der Waals surface area contributed by atoms with Gasteiger partial charge in [-0.25, -0.2) is 0 Å². The van der Waals surface area contributed by atoms with Crippen molar-refractivity contribution in [2.75, 3.05) is 47.3 Å². The predicted molar refractivity (Wildman–Crippen MR) is 98.8 cm³/mol. The van der Waals surface area contributed by atoms with Gasteiger partial charge in [0.15, 0.2) is 0 Å². The van der Waals surface area contributed by atoms with Crippen LogP contribution in [-0.4, -0.2) is 67.3 Å². The topological polar surface area (TPSA) is 47.2 Å². The minimum Gasteiger partial charge on any atom is -0.318 e. The Kier molecular flexibility index (Phi) is 9.44. The van der Waals surface area contributed by atoms with Crippen LogP contribution in [-0.2, 0) is 6.54 Å². The molecule has 0 aromatic carbocycles. The van der Waals surface area contributed by atoms with Gasteiger partial charge in [-0.15, -0.1) is 0 Å². The molecule has 1 atom stereocenters. The summed E-state index contributed by atoms with van der Waals surface area (Å²) in [4.78, 5) is 4.80. The van der Waals surface area contributed by atoms with Gasteiger partial charge in [0.25, 0.3) is 0 Å². The molecule has 0 aliphatic heterocycles. The zero-order valence-corrected chi connectivity index (χ0v) is 16.0. The van der Waals surface area contributed by atoms with Crippen molar-refractivity contribution in [3.05, 3.63) is 17.5 Å². The molecule has 0 radical (unpaired) electrons. The van der Waals surface area contributed by atoms with E-state index >= 15 is 0 Å². The third-order valence-electron chi connectivity index (χ3n) is 4.37. The minimum absolute atomic E-state index is 0.569. The molecule has 1 rings (SSSR count). The number of likely N-dealkylation sites (N-methyl/N-ethyl adjacent to an activating group) is 2. The number of aromatic nitrogens is 2. The summed E-state index contributed by atoms with van der Waals surface area (Å²) < 4.78 is 0. The molecule has 134 valence electrons. The number of nitrogens with zero attached hydrogens (tertiary/aromatic N) is 3. The van der Waals surface area contributed by atoms with E-state index in [0.29, 0.717) is 5.92 Å². The van der Waals surface area contributed by atoms with E-state index in [1.807, 2.05) is 13.2 Å². The molecular formula is C18H37N5. The largest absolute Gasteiger partial charge is 0.318 e. The molecule has 1 aromatic rings. The summed E-state index contributed by atoms with van der Waals surface area (Å²) >= 11 is 0. The molecule has 0 aliphatic carbocycles. The maximum absolute atomic E-state index is 4.32. The number of hydrogen-bond donors (Lipinski definition) is 2. The van der Waals surface area contributed by atoms with Crippen molar-refractivity contribution in [2.24, 2.45) is 5.92 Å². The van der Waals surface area contributed by atoms with Crippen LogP contribution in [0.3, 0.4) is 0 Å². The zero-order valence-electron chi connectivity index (χ0n) is 16.0. The first-order chi connectivity index (χ1) is 11.0. The highest BCUT2D eigenvalue weighted by molar-refractivity contribution is 5.20. The quantitative estimate of drug-likeness (QED) is 0.620. The smallest absolute Gasteiger partial charge is 0.0535 e. The molecule has 5 nitrogen and oxygen atoms in total. The van der Waals surface area contributed by atoms with Crippen LogP contribution in [0.1, 0.15) is 50.8 Å². The Morgan fingerprint density at radius 2 is 1.96 bits per heavy atom. The van der Waals surface area contributed by atoms with Crippen LogP contribution >= 0.6 is 0 Å². The molecule has 0 aliphatic rings. The van der Waals surface area contributed by atoms with E-state index in [9.17, 15) is 0 Å². The van der Waals surface area contributed by atoms with Crippen LogP contribution in [0.25, 0.3) is 0 Å². The second kappa shape index (κ2) is 10.8. The SMILES string of the molecule is CCC(CCN(C)CC(C)C)c1[nH]ncc1CN(C)CCNC. The molecule has 0 amide bonds. The minimum atomic E-state index is 0.569. The number of rotatable bonds is 12. The van der Waals surface area contributed by atoms with Crippen LogP contribution in [0, 0.1) is 5.92 Å². The number of hydrogen-bond acceptors (Lipinski definition) is 4. The fourth-order valence-corrected chi connectivity index (χ4v) is 3.12. The average Bonchev–Trinajstić information content (AvgIpc) is 2.93. The maximum Gasteiger partial charge on any atom is 0.0535 e. The van der Waals surface area contributed by atoms with E-state index in [2.05, 4.69) is 60.2 Å². The first-order valence-electron chi connectivity index (χ1n) is 9.01. The maximum atomic E-state index is 4.32. The lowest BCUT2D eigenvalue weighted by Gasteiger charge is -2.23. The molecule has 1 unspecified atom stereocenters. The van der Waals surface area contributed by atoms with Crippen LogP contribution in [0.4, 0.5) is 0 Å². The van der Waals surface area contributed by atoms with Gasteiger partial charge in [0.1, 0.15) is 0 Å². The highest BCUT2D eigenvalue weighted by Gasteiger charge is 2.17. The van der Waals surface area contributed by atoms with Crippen LogP contribution in [0.5, 0.6) is 0 Å². The molecule has 23 heavy (non-hydrogen) atoms. The molecule has 0 fully saturated rings. The first-order valence-corrected chi connectivity index (χ1v) is 9.01. The number of H-pyrrole nitrogens is 1. The van der Waals surface area contributed by atoms with Gasteiger partial charge < -0.3 is 15.1 Å². The number of aromatic amines is 1. The molecule has 5 heteroatoms. The summed E-state index contributed by atoms with van der Waals surface area (Å²) in [6.07, 6.45) is 4.35. The summed E-state index contributed by atoms with van der Waals surface area (Å²) in [5, 5.41) is 10.8. The van der Waals surface area contributed by atoms with Crippen molar-refractivity contribution in [1.29, 1.82) is 0 Å². The van der Waals surface area contributed by atoms with Crippen molar-refractivity contribution in [1.82, 2.24) is 25.3 Å². The van der Waals surface area contributed by atoms with Crippen LogP contribution < -0.4 is 5.32 Å². The summed E-state index contributed by atoms with van der Waals surface area (Å²) in [6, 6.07) is 0. The molecule has 0 spiro atoms. The summed E-state index contributed by atoms with van der Waals surface area (Å²) in [7, 11) is 6.40. The van der Waals surface area contributed by atoms with Crippen molar-refractivity contribution >= 4 is 0 Å². The molecule has 1 aromatic heterocycles. The Morgan fingerprint density at radius 1 is 1.22 bits per heavy atom. The van der Waals surface area contributed by atoms with E-state index in [1.54, 1.807) is 0 Å². The lowest BCUT2D eigenvalue weighted by Crippen LogP contribution is -2.27. The van der Waals surface area contributed by atoms with Gasteiger partial charge in [0.2, 0.25) is 0 Å². The summed E-state index contributed by atoms with van der Waals surface area (Å²) in [5.74, 6) is 1.29. The second-order valence-corrected chi connectivity index (χ2v) is 7.20. The lowest BCUT2D eigenvalue weighted by atomic mass is 9.95. The Morgan fingerprint density at radius 3 is 2.57 bits per heavy atom. The van der Waals surface area contributed by atoms with Gasteiger partial charge in [-0.05, 0) is 46.4 Å². The molecule has 0 bridgehead atoms. The third kappa shape index (κ3) is 7.46. The summed E-state index contributed by atoms with van der Waals surface area (Å²) in [6.45, 7) is 12.2. The van der Waals surface area contributed by atoms with E-state index < -0.39 is 0 Å². The molecule has 0 saturated heterocycles. The Balaban J connectivity index is 2.59. The molecule has 2 N–H and O–H groups in total. The van der Waals surface area contributed by atoms with E-state index in [4.69, 9.17) is 0 Å².